The highest BCUT2D eigenvalue weighted by Gasteiger charge is 2.04. The lowest BCUT2D eigenvalue weighted by Crippen LogP contribution is -1.98. The van der Waals surface area contributed by atoms with Crippen LogP contribution in [0.15, 0.2) is 36.4 Å². The quantitative estimate of drug-likeness (QED) is 0.771. The van der Waals surface area contributed by atoms with Gasteiger partial charge in [0.2, 0.25) is 0 Å². The van der Waals surface area contributed by atoms with E-state index in [4.69, 9.17) is 5.73 Å². The number of nitrogens with two attached hydrogens (primary N) is 1. The molecule has 0 heterocycles. The molecular formula is C14H15FN2. The molecule has 0 spiro atoms. The van der Waals surface area contributed by atoms with Crippen molar-refractivity contribution in [3.63, 3.8) is 0 Å². The zero-order chi connectivity index (χ0) is 12.4. The van der Waals surface area contributed by atoms with Crippen LogP contribution in [0.25, 0.3) is 0 Å². The molecule has 0 atom stereocenters. The highest BCUT2D eigenvalue weighted by Crippen LogP contribution is 2.26. The zero-order valence-electron chi connectivity index (χ0n) is 9.92. The molecule has 17 heavy (non-hydrogen) atoms. The van der Waals surface area contributed by atoms with E-state index >= 15 is 0 Å². The van der Waals surface area contributed by atoms with Crippen LogP contribution in [0, 0.1) is 19.7 Å². The lowest BCUT2D eigenvalue weighted by Gasteiger charge is -2.12. The fourth-order valence-electron chi connectivity index (χ4n) is 1.65. The van der Waals surface area contributed by atoms with E-state index in [1.807, 2.05) is 32.0 Å². The molecule has 0 fully saturated rings. The monoisotopic (exact) mass is 230 g/mol. The first-order valence-corrected chi connectivity index (χ1v) is 5.45. The summed E-state index contributed by atoms with van der Waals surface area (Å²) in [4.78, 5) is 0. The second-order valence-corrected chi connectivity index (χ2v) is 4.17. The van der Waals surface area contributed by atoms with E-state index in [1.165, 1.54) is 12.1 Å². The summed E-state index contributed by atoms with van der Waals surface area (Å²) < 4.78 is 13.2. The summed E-state index contributed by atoms with van der Waals surface area (Å²) in [5.74, 6) is -0.260. The number of halogens is 1. The summed E-state index contributed by atoms with van der Waals surface area (Å²) in [5.41, 5.74) is 10.2. The maximum absolute atomic E-state index is 13.2. The molecule has 2 aromatic rings. The highest BCUT2D eigenvalue weighted by molar-refractivity contribution is 5.74. The second kappa shape index (κ2) is 4.45. The van der Waals surface area contributed by atoms with Crippen molar-refractivity contribution in [3.8, 4) is 0 Å². The van der Waals surface area contributed by atoms with Crippen molar-refractivity contribution in [2.24, 2.45) is 0 Å². The van der Waals surface area contributed by atoms with Crippen LogP contribution in [0.3, 0.4) is 0 Å². The maximum Gasteiger partial charge on any atom is 0.125 e. The van der Waals surface area contributed by atoms with Gasteiger partial charge in [-0.1, -0.05) is 12.1 Å². The minimum Gasteiger partial charge on any atom is -0.397 e. The van der Waals surface area contributed by atoms with Crippen LogP contribution < -0.4 is 11.1 Å². The molecule has 0 aliphatic heterocycles. The van der Waals surface area contributed by atoms with Gasteiger partial charge in [-0.25, -0.2) is 4.39 Å². The van der Waals surface area contributed by atoms with E-state index in [9.17, 15) is 4.39 Å². The van der Waals surface area contributed by atoms with Crippen LogP contribution in [0.2, 0.25) is 0 Å². The van der Waals surface area contributed by atoms with Crippen molar-refractivity contribution in [1.82, 2.24) is 0 Å². The first kappa shape index (κ1) is 11.5. The summed E-state index contributed by atoms with van der Waals surface area (Å²) in [5, 5.41) is 3.16. The summed E-state index contributed by atoms with van der Waals surface area (Å²) >= 11 is 0. The molecule has 0 saturated heterocycles. The molecule has 88 valence electrons. The lowest BCUT2D eigenvalue weighted by molar-refractivity contribution is 0.628. The van der Waals surface area contributed by atoms with Crippen LogP contribution in [-0.2, 0) is 0 Å². The molecule has 0 unspecified atom stereocenters. The normalized spacial score (nSPS) is 10.3. The predicted octanol–water partition coefficient (Wildman–Crippen LogP) is 3.77. The minimum absolute atomic E-state index is 0.260. The molecule has 2 rings (SSSR count). The molecule has 0 amide bonds. The Bertz CT molecular complexity index is 500. The summed E-state index contributed by atoms with van der Waals surface area (Å²) in [6.45, 7) is 3.91. The number of benzene rings is 2. The Kier molecular flexibility index (Phi) is 3.00. The molecule has 2 nitrogen and oxygen atoms in total. The fourth-order valence-corrected chi connectivity index (χ4v) is 1.65. The minimum atomic E-state index is -0.260. The SMILES string of the molecule is Cc1ccc(N)c(Nc2cc(F)ccc2C)c1. The van der Waals surface area contributed by atoms with Crippen molar-refractivity contribution in [1.29, 1.82) is 0 Å². The van der Waals surface area contributed by atoms with Crippen LogP contribution in [-0.4, -0.2) is 0 Å². The van der Waals surface area contributed by atoms with E-state index in [0.717, 1.165) is 22.5 Å². The second-order valence-electron chi connectivity index (χ2n) is 4.17. The number of hydrogen-bond acceptors (Lipinski definition) is 2. The van der Waals surface area contributed by atoms with Crippen molar-refractivity contribution in [3.05, 3.63) is 53.3 Å². The first-order valence-electron chi connectivity index (χ1n) is 5.45. The molecule has 0 aromatic heterocycles. The van der Waals surface area contributed by atoms with Gasteiger partial charge in [-0.2, -0.15) is 0 Å². The van der Waals surface area contributed by atoms with Crippen LogP contribution in [0.1, 0.15) is 11.1 Å². The Morgan fingerprint density at radius 1 is 1.00 bits per heavy atom. The van der Waals surface area contributed by atoms with Crippen LogP contribution in [0.4, 0.5) is 21.5 Å². The van der Waals surface area contributed by atoms with E-state index in [1.54, 1.807) is 6.07 Å². The van der Waals surface area contributed by atoms with Gasteiger partial charge in [0.05, 0.1) is 11.4 Å². The van der Waals surface area contributed by atoms with Crippen molar-refractivity contribution in [2.75, 3.05) is 11.1 Å². The maximum atomic E-state index is 13.2. The lowest BCUT2D eigenvalue weighted by atomic mass is 10.1. The zero-order valence-corrected chi connectivity index (χ0v) is 9.92. The van der Waals surface area contributed by atoms with Crippen LogP contribution >= 0.6 is 0 Å². The largest absolute Gasteiger partial charge is 0.397 e. The average Bonchev–Trinajstić information content (AvgIpc) is 2.28. The number of anilines is 3. The van der Waals surface area contributed by atoms with Crippen LogP contribution in [0.5, 0.6) is 0 Å². The summed E-state index contributed by atoms with van der Waals surface area (Å²) in [6, 6.07) is 10.4. The van der Waals surface area contributed by atoms with Gasteiger partial charge in [0, 0.05) is 5.69 Å². The number of hydrogen-bond donors (Lipinski definition) is 2. The molecule has 2 aromatic carbocycles. The molecule has 0 bridgehead atoms. The number of nitrogen functional groups attached to an aromatic ring is 1. The summed E-state index contributed by atoms with van der Waals surface area (Å²) in [6.07, 6.45) is 0. The molecule has 3 N–H and O–H groups in total. The third kappa shape index (κ3) is 2.56. The molecule has 0 radical (unpaired) electrons. The highest BCUT2D eigenvalue weighted by atomic mass is 19.1. The third-order valence-electron chi connectivity index (χ3n) is 2.68. The molecule has 0 aliphatic rings. The van der Waals surface area contributed by atoms with E-state index < -0.39 is 0 Å². The van der Waals surface area contributed by atoms with Gasteiger partial charge in [0.1, 0.15) is 5.82 Å². The summed E-state index contributed by atoms with van der Waals surface area (Å²) in [7, 11) is 0. The number of nitrogens with one attached hydrogen (secondary N) is 1. The predicted molar refractivity (Wildman–Crippen MR) is 70.0 cm³/mol. The Hall–Kier alpha value is -2.03. The average molecular weight is 230 g/mol. The smallest absolute Gasteiger partial charge is 0.125 e. The topological polar surface area (TPSA) is 38.0 Å². The van der Waals surface area contributed by atoms with Gasteiger partial charge < -0.3 is 11.1 Å². The molecule has 3 heteroatoms. The van der Waals surface area contributed by atoms with Gasteiger partial charge >= 0.3 is 0 Å². The molecule has 0 aliphatic carbocycles. The van der Waals surface area contributed by atoms with Gasteiger partial charge in [-0.05, 0) is 49.2 Å². The van der Waals surface area contributed by atoms with Gasteiger partial charge in [0.25, 0.3) is 0 Å². The van der Waals surface area contributed by atoms with Crippen molar-refractivity contribution in [2.45, 2.75) is 13.8 Å². The number of rotatable bonds is 2. The molecule has 0 saturated carbocycles. The molecular weight excluding hydrogens is 215 g/mol. The Balaban J connectivity index is 2.37. The van der Waals surface area contributed by atoms with Gasteiger partial charge in [0.15, 0.2) is 0 Å². The van der Waals surface area contributed by atoms with Crippen molar-refractivity contribution < 1.29 is 4.39 Å². The Morgan fingerprint density at radius 2 is 1.76 bits per heavy atom. The van der Waals surface area contributed by atoms with Crippen molar-refractivity contribution >= 4 is 17.1 Å². The third-order valence-corrected chi connectivity index (χ3v) is 2.68. The van der Waals surface area contributed by atoms with E-state index in [2.05, 4.69) is 5.32 Å². The first-order chi connectivity index (χ1) is 8.06. The van der Waals surface area contributed by atoms with Gasteiger partial charge in [-0.3, -0.25) is 0 Å². The number of aryl methyl sites for hydroxylation is 2. The van der Waals surface area contributed by atoms with E-state index in [-0.39, 0.29) is 5.82 Å². The Morgan fingerprint density at radius 3 is 2.53 bits per heavy atom. The standard InChI is InChI=1S/C14H15FN2/c1-9-3-6-12(16)14(7-9)17-13-8-11(15)5-4-10(13)2/h3-8,17H,16H2,1-2H3. The van der Waals surface area contributed by atoms with E-state index in [0.29, 0.717) is 5.69 Å². The van der Waals surface area contributed by atoms with Gasteiger partial charge in [-0.15, -0.1) is 0 Å². The Labute approximate surface area is 100 Å². The fraction of sp³-hybridized carbons (Fsp3) is 0.143.